The van der Waals surface area contributed by atoms with Crippen LogP contribution in [0.4, 0.5) is 0 Å². The molecule has 6 nitrogen and oxygen atoms in total. The SMILES string of the molecule is COC(=O)CCN(C)S(=O)(=O)N(C)Cc1csc(Br)c1. The molecule has 0 fully saturated rings. The van der Waals surface area contributed by atoms with Crippen LogP contribution in [-0.2, 0) is 26.3 Å². The highest BCUT2D eigenvalue weighted by molar-refractivity contribution is 9.11. The second-order valence-corrected chi connectivity index (χ2v) is 8.60. The Hall–Kier alpha value is -0.480. The lowest BCUT2D eigenvalue weighted by atomic mass is 10.3. The lowest BCUT2D eigenvalue weighted by molar-refractivity contribution is -0.140. The summed E-state index contributed by atoms with van der Waals surface area (Å²) >= 11 is 4.84. The highest BCUT2D eigenvalue weighted by atomic mass is 79.9. The van der Waals surface area contributed by atoms with Crippen molar-refractivity contribution in [3.05, 3.63) is 20.8 Å². The Morgan fingerprint density at radius 2 is 2.05 bits per heavy atom. The zero-order valence-corrected chi connectivity index (χ0v) is 14.7. The molecule has 0 aliphatic rings. The molecule has 0 N–H and O–H groups in total. The van der Waals surface area contributed by atoms with Crippen LogP contribution in [0.1, 0.15) is 12.0 Å². The second kappa shape index (κ2) is 7.51. The standard InChI is InChI=1S/C11H17BrN2O4S2/c1-13(5-4-11(15)18-3)20(16,17)14(2)7-9-6-10(12)19-8-9/h6,8H,4-5,7H2,1-3H3. The van der Waals surface area contributed by atoms with Crippen LogP contribution < -0.4 is 0 Å². The lowest BCUT2D eigenvalue weighted by Gasteiger charge is -2.23. The molecule has 0 amide bonds. The van der Waals surface area contributed by atoms with Crippen LogP contribution in [0.5, 0.6) is 0 Å². The van der Waals surface area contributed by atoms with Gasteiger partial charge < -0.3 is 4.74 Å². The number of esters is 1. The van der Waals surface area contributed by atoms with E-state index in [1.54, 1.807) is 0 Å². The minimum absolute atomic E-state index is 0.0318. The molecule has 1 aromatic rings. The van der Waals surface area contributed by atoms with Gasteiger partial charge in [-0.1, -0.05) is 0 Å². The Labute approximate surface area is 131 Å². The average Bonchev–Trinajstić information content (AvgIpc) is 2.80. The molecule has 0 saturated carbocycles. The molecule has 1 aromatic heterocycles. The highest BCUT2D eigenvalue weighted by Gasteiger charge is 2.24. The van der Waals surface area contributed by atoms with E-state index in [4.69, 9.17) is 0 Å². The van der Waals surface area contributed by atoms with Gasteiger partial charge in [0.25, 0.3) is 10.2 Å². The third-order valence-corrected chi connectivity index (χ3v) is 6.11. The molecule has 0 aromatic carbocycles. The lowest BCUT2D eigenvalue weighted by Crippen LogP contribution is -2.40. The summed E-state index contributed by atoms with van der Waals surface area (Å²) in [6.07, 6.45) is 0.0318. The fraction of sp³-hybridized carbons (Fsp3) is 0.545. The normalized spacial score (nSPS) is 12.1. The van der Waals surface area contributed by atoms with E-state index in [1.165, 1.54) is 36.8 Å². The van der Waals surface area contributed by atoms with Gasteiger partial charge in [-0.25, -0.2) is 0 Å². The summed E-state index contributed by atoms with van der Waals surface area (Å²) in [5.41, 5.74) is 0.911. The maximum Gasteiger partial charge on any atom is 0.306 e. The van der Waals surface area contributed by atoms with E-state index >= 15 is 0 Å². The van der Waals surface area contributed by atoms with Crippen molar-refractivity contribution in [3.63, 3.8) is 0 Å². The van der Waals surface area contributed by atoms with E-state index in [1.807, 2.05) is 11.4 Å². The first kappa shape index (κ1) is 17.6. The molecular formula is C11H17BrN2O4S2. The van der Waals surface area contributed by atoms with Crippen molar-refractivity contribution < 1.29 is 17.9 Å². The van der Waals surface area contributed by atoms with Gasteiger partial charge in [-0.05, 0) is 32.9 Å². The fourth-order valence-electron chi connectivity index (χ4n) is 1.47. The van der Waals surface area contributed by atoms with E-state index < -0.39 is 16.2 Å². The Balaban J connectivity index is 2.64. The van der Waals surface area contributed by atoms with Crippen molar-refractivity contribution >= 4 is 43.4 Å². The minimum Gasteiger partial charge on any atom is -0.469 e. The number of carbonyl (C=O) groups is 1. The zero-order valence-electron chi connectivity index (χ0n) is 11.5. The van der Waals surface area contributed by atoms with Crippen LogP contribution in [0.15, 0.2) is 15.2 Å². The number of carbonyl (C=O) groups excluding carboxylic acids is 1. The monoisotopic (exact) mass is 384 g/mol. The predicted octanol–water partition coefficient (Wildman–Crippen LogP) is 1.68. The van der Waals surface area contributed by atoms with Crippen LogP contribution in [0, 0.1) is 0 Å². The first-order valence-electron chi connectivity index (χ1n) is 5.74. The van der Waals surface area contributed by atoms with Gasteiger partial charge in [-0.3, -0.25) is 4.79 Å². The second-order valence-electron chi connectivity index (χ2n) is 4.17. The van der Waals surface area contributed by atoms with E-state index in [-0.39, 0.29) is 19.5 Å². The van der Waals surface area contributed by atoms with Gasteiger partial charge in [-0.2, -0.15) is 17.0 Å². The number of nitrogens with zero attached hydrogens (tertiary/aromatic N) is 2. The van der Waals surface area contributed by atoms with Gasteiger partial charge >= 0.3 is 5.97 Å². The molecule has 9 heteroatoms. The van der Waals surface area contributed by atoms with Crippen molar-refractivity contribution in [1.82, 2.24) is 8.61 Å². The largest absolute Gasteiger partial charge is 0.469 e. The molecule has 1 rings (SSSR count). The molecule has 0 radical (unpaired) electrons. The summed E-state index contributed by atoms with van der Waals surface area (Å²) in [7, 11) is 0.644. The average molecular weight is 385 g/mol. The number of halogens is 1. The number of hydrogen-bond donors (Lipinski definition) is 0. The number of ether oxygens (including phenoxy) is 1. The van der Waals surface area contributed by atoms with Crippen LogP contribution in [0.25, 0.3) is 0 Å². The summed E-state index contributed by atoms with van der Waals surface area (Å²) in [5, 5.41) is 1.89. The summed E-state index contributed by atoms with van der Waals surface area (Å²) < 4.78 is 32.3. The predicted molar refractivity (Wildman–Crippen MR) is 81.7 cm³/mol. The maximum atomic E-state index is 12.2. The van der Waals surface area contributed by atoms with Crippen LogP contribution >= 0.6 is 27.3 Å². The van der Waals surface area contributed by atoms with Crippen LogP contribution in [0.2, 0.25) is 0 Å². The topological polar surface area (TPSA) is 66.9 Å². The summed E-state index contributed by atoms with van der Waals surface area (Å²) in [4.78, 5) is 11.0. The van der Waals surface area contributed by atoms with Crippen molar-refractivity contribution in [2.75, 3.05) is 27.7 Å². The van der Waals surface area contributed by atoms with Crippen LogP contribution in [-0.4, -0.2) is 50.7 Å². The molecule has 0 spiro atoms. The molecule has 0 aliphatic heterocycles. The van der Waals surface area contributed by atoms with Crippen molar-refractivity contribution in [1.29, 1.82) is 0 Å². The molecule has 0 saturated heterocycles. The molecule has 114 valence electrons. The Morgan fingerprint density at radius 1 is 1.40 bits per heavy atom. The molecule has 0 aliphatic carbocycles. The third-order valence-electron chi connectivity index (χ3n) is 2.67. The maximum absolute atomic E-state index is 12.2. The molecule has 0 bridgehead atoms. The summed E-state index contributed by atoms with van der Waals surface area (Å²) in [6, 6.07) is 1.88. The van der Waals surface area contributed by atoms with Gasteiger partial charge in [0, 0.05) is 27.2 Å². The number of rotatable bonds is 7. The van der Waals surface area contributed by atoms with E-state index in [0.29, 0.717) is 0 Å². The molecular weight excluding hydrogens is 368 g/mol. The van der Waals surface area contributed by atoms with Gasteiger partial charge in [0.15, 0.2) is 0 Å². The van der Waals surface area contributed by atoms with E-state index in [0.717, 1.165) is 13.7 Å². The summed E-state index contributed by atoms with van der Waals surface area (Å²) in [5.74, 6) is -0.434. The number of methoxy groups -OCH3 is 1. The van der Waals surface area contributed by atoms with Crippen molar-refractivity contribution in [2.45, 2.75) is 13.0 Å². The smallest absolute Gasteiger partial charge is 0.306 e. The minimum atomic E-state index is -3.58. The van der Waals surface area contributed by atoms with Gasteiger partial charge in [0.1, 0.15) is 0 Å². The fourth-order valence-corrected chi connectivity index (χ4v) is 3.78. The first-order valence-corrected chi connectivity index (χ1v) is 8.81. The first-order chi connectivity index (χ1) is 9.27. The number of thiophene rings is 1. The molecule has 20 heavy (non-hydrogen) atoms. The van der Waals surface area contributed by atoms with Crippen molar-refractivity contribution in [2.24, 2.45) is 0 Å². The Morgan fingerprint density at radius 3 is 2.55 bits per heavy atom. The zero-order chi connectivity index (χ0) is 15.3. The summed E-state index contributed by atoms with van der Waals surface area (Å²) in [6.45, 7) is 0.375. The van der Waals surface area contributed by atoms with Gasteiger partial charge in [0.05, 0.1) is 17.3 Å². The molecule has 0 unspecified atom stereocenters. The molecule has 1 heterocycles. The van der Waals surface area contributed by atoms with Crippen molar-refractivity contribution in [3.8, 4) is 0 Å². The van der Waals surface area contributed by atoms with E-state index in [2.05, 4.69) is 20.7 Å². The third kappa shape index (κ3) is 4.81. The van der Waals surface area contributed by atoms with Crippen LogP contribution in [0.3, 0.4) is 0 Å². The highest BCUT2D eigenvalue weighted by Crippen LogP contribution is 2.22. The quantitative estimate of drug-likeness (QED) is 0.670. The van der Waals surface area contributed by atoms with Gasteiger partial charge in [-0.15, -0.1) is 11.3 Å². The molecule has 0 atom stereocenters. The number of hydrogen-bond acceptors (Lipinski definition) is 5. The Bertz CT molecular complexity index is 559. The van der Waals surface area contributed by atoms with Gasteiger partial charge in [0.2, 0.25) is 0 Å². The van der Waals surface area contributed by atoms with E-state index in [9.17, 15) is 13.2 Å². The Kier molecular flexibility index (Phi) is 6.59.